The molecule has 1 aromatic heterocycles. The number of anilines is 1. The van der Waals surface area contributed by atoms with Crippen LogP contribution in [0, 0.1) is 6.92 Å². The Morgan fingerprint density at radius 3 is 2.39 bits per heavy atom. The molecule has 0 spiro atoms. The number of fused-ring (bicyclic) bond motifs is 1. The number of carbonyl (C=O) groups is 2. The molecule has 7 nitrogen and oxygen atoms in total. The zero-order chi connectivity index (χ0) is 23.1. The van der Waals surface area contributed by atoms with Gasteiger partial charge >= 0.3 is 5.97 Å². The molecule has 0 saturated heterocycles. The van der Waals surface area contributed by atoms with Gasteiger partial charge < -0.3 is 9.84 Å². The number of hydrogen-bond acceptors (Lipinski definition) is 4. The van der Waals surface area contributed by atoms with Crippen molar-refractivity contribution in [3.63, 3.8) is 0 Å². The third kappa shape index (κ3) is 3.34. The van der Waals surface area contributed by atoms with Crippen molar-refractivity contribution in [2.75, 3.05) is 12.0 Å². The van der Waals surface area contributed by atoms with E-state index in [4.69, 9.17) is 4.74 Å². The number of H-pyrrole nitrogens is 1. The average molecular weight is 439 g/mol. The molecule has 0 unspecified atom stereocenters. The molecule has 1 amide bonds. The van der Waals surface area contributed by atoms with E-state index in [9.17, 15) is 14.7 Å². The van der Waals surface area contributed by atoms with E-state index in [1.165, 1.54) is 12.1 Å². The highest BCUT2D eigenvalue weighted by atomic mass is 16.5. The molecule has 0 saturated carbocycles. The minimum absolute atomic E-state index is 0.153. The maximum Gasteiger partial charge on any atom is 0.335 e. The normalized spacial score (nSPS) is 14.9. The van der Waals surface area contributed by atoms with Gasteiger partial charge in [-0.05, 0) is 37.3 Å². The van der Waals surface area contributed by atoms with Gasteiger partial charge in [-0.25, -0.2) is 4.79 Å². The van der Waals surface area contributed by atoms with E-state index in [1.807, 2.05) is 55.5 Å². The van der Waals surface area contributed by atoms with Crippen LogP contribution in [0.25, 0.3) is 11.3 Å². The number of carbonyl (C=O) groups excluding carboxylic acids is 1. The molecule has 0 fully saturated rings. The van der Waals surface area contributed by atoms with Crippen LogP contribution in [0.4, 0.5) is 5.69 Å². The van der Waals surface area contributed by atoms with Crippen LogP contribution in [0.1, 0.15) is 43.6 Å². The van der Waals surface area contributed by atoms with Crippen LogP contribution in [0.2, 0.25) is 0 Å². The molecule has 1 aliphatic rings. The summed E-state index contributed by atoms with van der Waals surface area (Å²) in [7, 11) is 1.60. The van der Waals surface area contributed by atoms with Crippen molar-refractivity contribution in [1.82, 2.24) is 10.2 Å². The zero-order valence-corrected chi connectivity index (χ0v) is 18.1. The number of amides is 1. The van der Waals surface area contributed by atoms with Crippen molar-refractivity contribution < 1.29 is 19.4 Å². The molecule has 2 N–H and O–H groups in total. The fourth-order valence-corrected chi connectivity index (χ4v) is 4.30. The van der Waals surface area contributed by atoms with Crippen LogP contribution >= 0.6 is 0 Å². The maximum atomic E-state index is 13.6. The lowest BCUT2D eigenvalue weighted by Crippen LogP contribution is -2.29. The van der Waals surface area contributed by atoms with Gasteiger partial charge in [0.2, 0.25) is 0 Å². The van der Waals surface area contributed by atoms with E-state index in [2.05, 4.69) is 10.2 Å². The van der Waals surface area contributed by atoms with Gasteiger partial charge in [-0.3, -0.25) is 14.8 Å². The largest absolute Gasteiger partial charge is 0.496 e. The number of aromatic amines is 1. The number of carboxylic acid groups (broad SMARTS) is 1. The monoisotopic (exact) mass is 439 g/mol. The molecular formula is C26H21N3O4. The Bertz CT molecular complexity index is 1360. The molecule has 164 valence electrons. The van der Waals surface area contributed by atoms with Crippen molar-refractivity contribution in [2.24, 2.45) is 0 Å². The lowest BCUT2D eigenvalue weighted by molar-refractivity contribution is 0.0696. The summed E-state index contributed by atoms with van der Waals surface area (Å²) < 4.78 is 5.63. The summed E-state index contributed by atoms with van der Waals surface area (Å²) >= 11 is 0. The van der Waals surface area contributed by atoms with Crippen LogP contribution in [0.5, 0.6) is 5.75 Å². The second-order valence-corrected chi connectivity index (χ2v) is 7.90. The number of hydrogen-bond donors (Lipinski definition) is 2. The van der Waals surface area contributed by atoms with E-state index in [0.29, 0.717) is 22.8 Å². The summed E-state index contributed by atoms with van der Waals surface area (Å²) in [4.78, 5) is 26.6. The Balaban J connectivity index is 1.72. The zero-order valence-electron chi connectivity index (χ0n) is 18.1. The first kappa shape index (κ1) is 20.5. The van der Waals surface area contributed by atoms with Crippen LogP contribution < -0.4 is 9.64 Å². The number of nitrogens with one attached hydrogen (secondary N) is 1. The SMILES string of the molecule is COc1ccccc1[C@@H]1c2c(-c3ccc(C)cc3)n[nH]c2C(=O)N1c1ccc(C(=O)O)cc1. The molecule has 5 rings (SSSR count). The Kier molecular flexibility index (Phi) is 4.94. The minimum atomic E-state index is -1.02. The minimum Gasteiger partial charge on any atom is -0.496 e. The Morgan fingerprint density at radius 1 is 1.03 bits per heavy atom. The number of rotatable bonds is 5. The highest BCUT2D eigenvalue weighted by Gasteiger charge is 2.44. The second kappa shape index (κ2) is 7.94. The number of aromatic carboxylic acids is 1. The van der Waals surface area contributed by atoms with Gasteiger partial charge in [0, 0.05) is 22.4 Å². The molecule has 0 aliphatic carbocycles. The number of aryl methyl sites for hydroxylation is 1. The average Bonchev–Trinajstić information content (AvgIpc) is 3.38. The van der Waals surface area contributed by atoms with Gasteiger partial charge in [0.15, 0.2) is 0 Å². The highest BCUT2D eigenvalue weighted by Crippen LogP contribution is 2.47. The Hall–Kier alpha value is -4.39. The number of aromatic nitrogens is 2. The Labute approximate surface area is 190 Å². The second-order valence-electron chi connectivity index (χ2n) is 7.90. The quantitative estimate of drug-likeness (QED) is 0.464. The predicted molar refractivity (Wildman–Crippen MR) is 124 cm³/mol. The van der Waals surface area contributed by atoms with E-state index in [1.54, 1.807) is 24.1 Å². The Morgan fingerprint density at radius 2 is 1.73 bits per heavy atom. The van der Waals surface area contributed by atoms with E-state index in [-0.39, 0.29) is 11.5 Å². The first-order valence-corrected chi connectivity index (χ1v) is 10.4. The molecule has 3 aromatic carbocycles. The molecule has 33 heavy (non-hydrogen) atoms. The number of ether oxygens (including phenoxy) is 1. The lowest BCUT2D eigenvalue weighted by Gasteiger charge is -2.27. The standard InChI is InChI=1S/C26H21N3O4/c1-15-7-9-16(10-8-15)22-21-23(28-27-22)25(30)29(18-13-11-17(12-14-18)26(31)32)24(21)19-5-3-4-6-20(19)33-2/h3-14,24H,1-2H3,(H,27,28)(H,31,32)/t24-/m1/s1. The van der Waals surface area contributed by atoms with Gasteiger partial charge in [-0.1, -0.05) is 48.0 Å². The highest BCUT2D eigenvalue weighted by molar-refractivity contribution is 6.12. The topological polar surface area (TPSA) is 95.5 Å². The molecule has 1 aliphatic heterocycles. The molecule has 0 bridgehead atoms. The van der Waals surface area contributed by atoms with E-state index >= 15 is 0 Å². The lowest BCUT2D eigenvalue weighted by atomic mass is 9.95. The first-order chi connectivity index (χ1) is 16.0. The summed E-state index contributed by atoms with van der Waals surface area (Å²) in [6, 6.07) is 21.3. The molecule has 1 atom stereocenters. The van der Waals surface area contributed by atoms with Gasteiger partial charge in [-0.2, -0.15) is 5.10 Å². The summed E-state index contributed by atoms with van der Waals surface area (Å²) in [5.41, 5.74) is 5.43. The number of methoxy groups -OCH3 is 1. The van der Waals surface area contributed by atoms with E-state index < -0.39 is 12.0 Å². The molecule has 7 heteroatoms. The maximum absolute atomic E-state index is 13.6. The summed E-state index contributed by atoms with van der Waals surface area (Å²) in [5.74, 6) is -0.618. The fraction of sp³-hybridized carbons (Fsp3) is 0.115. The van der Waals surface area contributed by atoms with Crippen molar-refractivity contribution in [3.05, 3.63) is 101 Å². The van der Waals surface area contributed by atoms with Crippen molar-refractivity contribution in [1.29, 1.82) is 0 Å². The van der Waals surface area contributed by atoms with Gasteiger partial charge in [0.1, 0.15) is 11.4 Å². The van der Waals surface area contributed by atoms with Gasteiger partial charge in [0.25, 0.3) is 5.91 Å². The summed E-state index contributed by atoms with van der Waals surface area (Å²) in [6.45, 7) is 2.02. The van der Waals surface area contributed by atoms with Crippen LogP contribution in [-0.4, -0.2) is 34.3 Å². The van der Waals surface area contributed by atoms with E-state index in [0.717, 1.165) is 22.3 Å². The molecular weight excluding hydrogens is 418 g/mol. The third-order valence-corrected chi connectivity index (χ3v) is 5.92. The molecule has 0 radical (unpaired) electrons. The summed E-state index contributed by atoms with van der Waals surface area (Å²) in [5, 5.41) is 16.7. The van der Waals surface area contributed by atoms with Gasteiger partial charge in [0.05, 0.1) is 24.4 Å². The number of benzene rings is 3. The fourth-order valence-electron chi connectivity index (χ4n) is 4.30. The van der Waals surface area contributed by atoms with Crippen LogP contribution in [0.3, 0.4) is 0 Å². The molecule has 4 aromatic rings. The van der Waals surface area contributed by atoms with Gasteiger partial charge in [-0.15, -0.1) is 0 Å². The number of nitrogens with zero attached hydrogens (tertiary/aromatic N) is 2. The van der Waals surface area contributed by atoms with Crippen molar-refractivity contribution in [3.8, 4) is 17.0 Å². The van der Waals surface area contributed by atoms with Crippen LogP contribution in [0.15, 0.2) is 72.8 Å². The first-order valence-electron chi connectivity index (χ1n) is 10.4. The smallest absolute Gasteiger partial charge is 0.335 e. The van der Waals surface area contributed by atoms with Crippen molar-refractivity contribution in [2.45, 2.75) is 13.0 Å². The number of para-hydroxylation sites is 1. The van der Waals surface area contributed by atoms with Crippen LogP contribution in [-0.2, 0) is 0 Å². The predicted octanol–water partition coefficient (Wildman–Crippen LogP) is 4.84. The van der Waals surface area contributed by atoms with Crippen molar-refractivity contribution >= 4 is 17.6 Å². The summed E-state index contributed by atoms with van der Waals surface area (Å²) in [6.07, 6.45) is 0. The number of carboxylic acids is 1. The third-order valence-electron chi connectivity index (χ3n) is 5.92. The molecule has 2 heterocycles.